The van der Waals surface area contributed by atoms with E-state index >= 15 is 0 Å². The van der Waals surface area contributed by atoms with Crippen LogP contribution in [0.15, 0.2) is 42.5 Å². The van der Waals surface area contributed by atoms with Crippen molar-refractivity contribution in [3.8, 4) is 11.5 Å². The summed E-state index contributed by atoms with van der Waals surface area (Å²) < 4.78 is 11.2. The van der Waals surface area contributed by atoms with Crippen molar-refractivity contribution in [3.63, 3.8) is 0 Å². The molecule has 1 fully saturated rings. The molecule has 0 unspecified atom stereocenters. The Hall–Kier alpha value is -2.69. The Morgan fingerprint density at radius 3 is 2.56 bits per heavy atom. The molecule has 5 nitrogen and oxygen atoms in total. The summed E-state index contributed by atoms with van der Waals surface area (Å²) in [5, 5.41) is 0. The highest BCUT2D eigenvalue weighted by atomic mass is 16.5. The van der Waals surface area contributed by atoms with Gasteiger partial charge in [-0.15, -0.1) is 0 Å². The fourth-order valence-electron chi connectivity index (χ4n) is 5.09. The number of likely N-dealkylation sites (tertiary alicyclic amines) is 1. The number of nitrogens with zero attached hydrogens (tertiary/aromatic N) is 2. The number of methoxy groups -OCH3 is 2. The topological polar surface area (TPSA) is 42.0 Å². The number of anilines is 1. The molecule has 4 rings (SSSR count). The van der Waals surface area contributed by atoms with E-state index in [0.717, 1.165) is 29.9 Å². The Labute approximate surface area is 160 Å². The van der Waals surface area contributed by atoms with E-state index in [1.54, 1.807) is 14.2 Å². The number of piperidine rings is 1. The lowest BCUT2D eigenvalue weighted by Crippen LogP contribution is -2.59. The van der Waals surface area contributed by atoms with Crippen LogP contribution in [0.25, 0.3) is 0 Å². The van der Waals surface area contributed by atoms with Crippen molar-refractivity contribution in [1.29, 1.82) is 0 Å². The number of hydrogen-bond donors (Lipinski definition) is 0. The number of benzene rings is 2. The number of carbonyl (C=O) groups excluding carboxylic acids is 1. The van der Waals surface area contributed by atoms with Gasteiger partial charge in [-0.2, -0.15) is 0 Å². The number of amides is 1. The molecule has 0 radical (unpaired) electrons. The third kappa shape index (κ3) is 2.48. The first-order chi connectivity index (χ1) is 13.0. The maximum atomic E-state index is 12.5. The summed E-state index contributed by atoms with van der Waals surface area (Å²) in [5.74, 6) is 1.72. The second-order valence-electron chi connectivity index (χ2n) is 7.49. The number of ether oxygens (including phenoxy) is 2. The van der Waals surface area contributed by atoms with E-state index in [4.69, 9.17) is 9.47 Å². The zero-order valence-electron chi connectivity index (χ0n) is 16.4. The van der Waals surface area contributed by atoms with Gasteiger partial charge in [-0.1, -0.05) is 30.3 Å². The molecule has 2 aromatic carbocycles. The van der Waals surface area contributed by atoms with E-state index in [9.17, 15) is 4.79 Å². The molecule has 2 atom stereocenters. The monoisotopic (exact) mass is 366 g/mol. The second-order valence-corrected chi connectivity index (χ2v) is 7.49. The van der Waals surface area contributed by atoms with E-state index in [-0.39, 0.29) is 17.5 Å². The van der Waals surface area contributed by atoms with Crippen molar-refractivity contribution in [3.05, 3.63) is 53.6 Å². The predicted molar refractivity (Wildman–Crippen MR) is 106 cm³/mol. The van der Waals surface area contributed by atoms with Crippen LogP contribution in [0.3, 0.4) is 0 Å². The van der Waals surface area contributed by atoms with Crippen LogP contribution in [0.1, 0.15) is 24.0 Å². The molecular formula is C22H26N2O3. The van der Waals surface area contributed by atoms with E-state index < -0.39 is 0 Å². The number of hydrogen-bond acceptors (Lipinski definition) is 4. The molecule has 0 aliphatic carbocycles. The summed E-state index contributed by atoms with van der Waals surface area (Å²) in [4.78, 5) is 16.7. The lowest BCUT2D eigenvalue weighted by atomic mass is 9.69. The van der Waals surface area contributed by atoms with Crippen LogP contribution in [0, 0.1) is 0 Å². The zero-order chi connectivity index (χ0) is 19.2. The highest BCUT2D eigenvalue weighted by molar-refractivity contribution is 5.81. The number of para-hydroxylation sites is 2. The Bertz CT molecular complexity index is 882. The summed E-state index contributed by atoms with van der Waals surface area (Å²) in [6.07, 6.45) is 2.16. The number of rotatable bonds is 4. The van der Waals surface area contributed by atoms with Gasteiger partial charge in [0.2, 0.25) is 5.91 Å². The molecule has 2 aliphatic rings. The van der Waals surface area contributed by atoms with Crippen LogP contribution in [-0.4, -0.2) is 45.3 Å². The minimum absolute atomic E-state index is 0.00735. The van der Waals surface area contributed by atoms with Gasteiger partial charge in [0.25, 0.3) is 0 Å². The summed E-state index contributed by atoms with van der Waals surface area (Å²) in [7, 11) is 7.35. The third-order valence-electron chi connectivity index (χ3n) is 6.22. The molecule has 2 heterocycles. The summed E-state index contributed by atoms with van der Waals surface area (Å²) in [6.45, 7) is 0. The predicted octanol–water partition coefficient (Wildman–Crippen LogP) is 3.21. The van der Waals surface area contributed by atoms with E-state index in [1.165, 1.54) is 11.3 Å². The lowest BCUT2D eigenvalue weighted by Gasteiger charge is -2.47. The maximum Gasteiger partial charge on any atom is 0.224 e. The fraction of sp³-hybridized carbons (Fsp3) is 0.409. The average Bonchev–Trinajstić information content (AvgIpc) is 2.94. The van der Waals surface area contributed by atoms with Crippen molar-refractivity contribution < 1.29 is 14.3 Å². The van der Waals surface area contributed by atoms with Gasteiger partial charge in [-0.05, 0) is 36.1 Å². The molecule has 5 heteroatoms. The number of likely N-dealkylation sites (N-methyl/N-ethyl adjacent to an activating group) is 2. The van der Waals surface area contributed by atoms with E-state index in [0.29, 0.717) is 6.42 Å². The molecule has 1 saturated heterocycles. The van der Waals surface area contributed by atoms with Crippen LogP contribution in [0.5, 0.6) is 11.5 Å². The molecule has 2 aliphatic heterocycles. The van der Waals surface area contributed by atoms with Crippen LogP contribution in [0.4, 0.5) is 5.69 Å². The first-order valence-corrected chi connectivity index (χ1v) is 9.31. The van der Waals surface area contributed by atoms with Crippen LogP contribution >= 0.6 is 0 Å². The molecule has 0 N–H and O–H groups in total. The minimum Gasteiger partial charge on any atom is -0.493 e. The zero-order valence-corrected chi connectivity index (χ0v) is 16.4. The molecule has 0 aromatic heterocycles. The SMILES string of the molecule is COc1cccc(C[C@@]23CCC(=O)N(C)[C@@H]2N(C)c2ccccc23)c1OC. The first kappa shape index (κ1) is 17.7. The molecule has 0 bridgehead atoms. The Balaban J connectivity index is 1.87. The van der Waals surface area contributed by atoms with Crippen molar-refractivity contribution in [2.75, 3.05) is 33.2 Å². The van der Waals surface area contributed by atoms with Gasteiger partial charge in [0.1, 0.15) is 6.17 Å². The van der Waals surface area contributed by atoms with Crippen molar-refractivity contribution in [2.24, 2.45) is 0 Å². The molecule has 0 spiro atoms. The summed E-state index contributed by atoms with van der Waals surface area (Å²) in [5.41, 5.74) is 3.44. The van der Waals surface area contributed by atoms with Gasteiger partial charge in [0.15, 0.2) is 11.5 Å². The van der Waals surface area contributed by atoms with Gasteiger partial charge in [0, 0.05) is 31.6 Å². The Kier molecular flexibility index (Phi) is 4.25. The van der Waals surface area contributed by atoms with E-state index in [2.05, 4.69) is 42.3 Å². The van der Waals surface area contributed by atoms with Crippen molar-refractivity contribution in [1.82, 2.24) is 4.90 Å². The minimum atomic E-state index is -0.173. The molecule has 142 valence electrons. The van der Waals surface area contributed by atoms with Gasteiger partial charge in [-0.25, -0.2) is 0 Å². The van der Waals surface area contributed by atoms with Crippen LogP contribution in [-0.2, 0) is 16.6 Å². The van der Waals surface area contributed by atoms with Gasteiger partial charge in [0.05, 0.1) is 14.2 Å². The highest BCUT2D eigenvalue weighted by Crippen LogP contribution is 2.53. The number of fused-ring (bicyclic) bond motifs is 3. The van der Waals surface area contributed by atoms with E-state index in [1.807, 2.05) is 24.1 Å². The van der Waals surface area contributed by atoms with Crippen molar-refractivity contribution >= 4 is 11.6 Å². The standard InChI is InChI=1S/C22H26N2O3/c1-23-17-10-6-5-9-16(17)22(13-12-19(25)24(2)21(22)23)14-15-8-7-11-18(26-3)20(15)27-4/h5-11,21H,12-14H2,1-4H3/t21-,22+/m0/s1. The van der Waals surface area contributed by atoms with Gasteiger partial charge < -0.3 is 19.3 Å². The highest BCUT2D eigenvalue weighted by Gasteiger charge is 2.55. The Morgan fingerprint density at radius 2 is 1.81 bits per heavy atom. The second kappa shape index (κ2) is 6.48. The molecule has 1 amide bonds. The molecule has 27 heavy (non-hydrogen) atoms. The van der Waals surface area contributed by atoms with Crippen LogP contribution in [0.2, 0.25) is 0 Å². The number of carbonyl (C=O) groups is 1. The normalized spacial score (nSPS) is 23.9. The summed E-state index contributed by atoms with van der Waals surface area (Å²) in [6, 6.07) is 14.5. The average molecular weight is 366 g/mol. The maximum absolute atomic E-state index is 12.5. The fourth-order valence-corrected chi connectivity index (χ4v) is 5.09. The lowest BCUT2D eigenvalue weighted by molar-refractivity contribution is -0.137. The molecule has 2 aromatic rings. The molecule has 0 saturated carbocycles. The van der Waals surface area contributed by atoms with Crippen LogP contribution < -0.4 is 14.4 Å². The molecular weight excluding hydrogens is 340 g/mol. The first-order valence-electron chi connectivity index (χ1n) is 9.31. The quantitative estimate of drug-likeness (QED) is 0.833. The Morgan fingerprint density at radius 1 is 1.04 bits per heavy atom. The third-order valence-corrected chi connectivity index (χ3v) is 6.22. The van der Waals surface area contributed by atoms with Gasteiger partial charge in [-0.3, -0.25) is 4.79 Å². The smallest absolute Gasteiger partial charge is 0.224 e. The largest absolute Gasteiger partial charge is 0.493 e. The summed E-state index contributed by atoms with van der Waals surface area (Å²) >= 11 is 0. The van der Waals surface area contributed by atoms with Gasteiger partial charge >= 0.3 is 0 Å². The van der Waals surface area contributed by atoms with Crippen molar-refractivity contribution in [2.45, 2.75) is 30.8 Å².